The summed E-state index contributed by atoms with van der Waals surface area (Å²) in [6.45, 7) is 0. The van der Waals surface area contributed by atoms with Gasteiger partial charge < -0.3 is 15.3 Å². The zero-order valence-electron chi connectivity index (χ0n) is 9.93. The molecule has 0 fully saturated rings. The number of hydrogen-bond acceptors (Lipinski definition) is 5. The van der Waals surface area contributed by atoms with E-state index in [1.54, 1.807) is 24.3 Å². The van der Waals surface area contributed by atoms with Gasteiger partial charge in [0.15, 0.2) is 0 Å². The van der Waals surface area contributed by atoms with Gasteiger partial charge >= 0.3 is 0 Å². The molecule has 0 aliphatic carbocycles. The topological polar surface area (TPSA) is 85.4 Å². The van der Waals surface area contributed by atoms with Crippen molar-refractivity contribution in [2.24, 2.45) is 10.2 Å². The van der Waals surface area contributed by atoms with E-state index in [2.05, 4.69) is 10.2 Å². The fourth-order valence-electron chi connectivity index (χ4n) is 1.43. The lowest BCUT2D eigenvalue weighted by Gasteiger charge is -1.97. The van der Waals surface area contributed by atoms with Crippen LogP contribution in [0.5, 0.6) is 17.2 Å². The zero-order valence-corrected chi connectivity index (χ0v) is 9.93. The number of phenols is 3. The minimum absolute atomic E-state index is 0.0210. The van der Waals surface area contributed by atoms with Crippen molar-refractivity contribution < 1.29 is 15.3 Å². The monoisotopic (exact) mass is 256 g/mol. The Bertz CT molecular complexity index is 636. The van der Waals surface area contributed by atoms with Gasteiger partial charge in [0, 0.05) is 17.2 Å². The Hall–Kier alpha value is -2.82. The first-order valence-electron chi connectivity index (χ1n) is 5.53. The second-order valence-corrected chi connectivity index (χ2v) is 3.79. The Labute approximate surface area is 109 Å². The number of phenolic OH excluding ortho intramolecular Hbond substituents is 3. The van der Waals surface area contributed by atoms with E-state index in [4.69, 9.17) is 5.11 Å². The lowest BCUT2D eigenvalue weighted by Crippen LogP contribution is -1.83. The average molecular weight is 256 g/mol. The first-order chi connectivity index (χ1) is 9.16. The van der Waals surface area contributed by atoms with Crippen molar-refractivity contribution in [3.63, 3.8) is 0 Å². The van der Waals surface area contributed by atoms with Crippen molar-refractivity contribution in [1.82, 2.24) is 0 Å². The van der Waals surface area contributed by atoms with E-state index in [-0.39, 0.29) is 17.2 Å². The van der Waals surface area contributed by atoms with E-state index >= 15 is 0 Å². The van der Waals surface area contributed by atoms with Gasteiger partial charge in [-0.25, -0.2) is 0 Å². The molecule has 0 aliphatic heterocycles. The summed E-state index contributed by atoms with van der Waals surface area (Å²) in [4.78, 5) is 0. The Kier molecular flexibility index (Phi) is 3.78. The predicted octanol–water partition coefficient (Wildman–Crippen LogP) is 2.26. The molecule has 0 saturated carbocycles. The molecule has 5 heteroatoms. The van der Waals surface area contributed by atoms with Crippen LogP contribution in [0.2, 0.25) is 0 Å². The molecule has 0 aliphatic rings. The van der Waals surface area contributed by atoms with Gasteiger partial charge in [0.25, 0.3) is 0 Å². The number of aromatic hydroxyl groups is 3. The number of hydrogen-bond donors (Lipinski definition) is 3. The molecular formula is C14H12N2O3. The quantitative estimate of drug-likeness (QED) is 0.581. The molecular weight excluding hydrogens is 244 g/mol. The summed E-state index contributed by atoms with van der Waals surface area (Å²) in [5.74, 6) is 0.0165. The molecule has 2 aromatic carbocycles. The molecule has 0 heterocycles. The van der Waals surface area contributed by atoms with Gasteiger partial charge in [-0.1, -0.05) is 12.1 Å². The maximum Gasteiger partial charge on any atom is 0.128 e. The van der Waals surface area contributed by atoms with Crippen molar-refractivity contribution in [3.05, 3.63) is 53.6 Å². The maximum atomic E-state index is 9.51. The molecule has 96 valence electrons. The molecule has 19 heavy (non-hydrogen) atoms. The third-order valence-corrected chi connectivity index (χ3v) is 2.41. The van der Waals surface area contributed by atoms with Crippen LogP contribution in [-0.4, -0.2) is 27.7 Å². The summed E-state index contributed by atoms with van der Waals surface area (Å²) in [6.07, 6.45) is 2.76. The van der Waals surface area contributed by atoms with Gasteiger partial charge in [-0.2, -0.15) is 10.2 Å². The van der Waals surface area contributed by atoms with Crippen LogP contribution in [0.4, 0.5) is 0 Å². The van der Waals surface area contributed by atoms with Crippen LogP contribution < -0.4 is 0 Å². The molecule has 0 atom stereocenters. The second kappa shape index (κ2) is 5.68. The molecule has 0 saturated heterocycles. The van der Waals surface area contributed by atoms with Crippen LogP contribution >= 0.6 is 0 Å². The van der Waals surface area contributed by atoms with E-state index in [9.17, 15) is 10.2 Å². The Morgan fingerprint density at radius 3 is 2.00 bits per heavy atom. The third kappa shape index (κ3) is 3.32. The molecule has 5 nitrogen and oxygen atoms in total. The average Bonchev–Trinajstić information content (AvgIpc) is 2.38. The molecule has 0 unspecified atom stereocenters. The molecule has 0 radical (unpaired) electrons. The summed E-state index contributed by atoms with van der Waals surface area (Å²) in [5.41, 5.74) is 0.988. The third-order valence-electron chi connectivity index (χ3n) is 2.41. The Morgan fingerprint density at radius 2 is 1.37 bits per heavy atom. The second-order valence-electron chi connectivity index (χ2n) is 3.79. The molecule has 0 bridgehead atoms. The predicted molar refractivity (Wildman–Crippen MR) is 73.1 cm³/mol. The molecule has 2 aromatic rings. The Balaban J connectivity index is 2.10. The van der Waals surface area contributed by atoms with E-state index in [1.807, 2.05) is 0 Å². The summed E-state index contributed by atoms with van der Waals surface area (Å²) in [7, 11) is 0. The summed E-state index contributed by atoms with van der Waals surface area (Å²) in [5, 5.41) is 35.7. The van der Waals surface area contributed by atoms with Crippen LogP contribution in [0.15, 0.2) is 52.7 Å². The summed E-state index contributed by atoms with van der Waals surface area (Å²) < 4.78 is 0. The van der Waals surface area contributed by atoms with Crippen LogP contribution in [-0.2, 0) is 0 Å². The first-order valence-corrected chi connectivity index (χ1v) is 5.53. The van der Waals surface area contributed by atoms with E-state index in [0.29, 0.717) is 11.1 Å². The highest BCUT2D eigenvalue weighted by Gasteiger charge is 1.98. The van der Waals surface area contributed by atoms with E-state index < -0.39 is 0 Å². The molecule has 0 amide bonds. The molecule has 0 spiro atoms. The number of benzene rings is 2. The van der Waals surface area contributed by atoms with Crippen molar-refractivity contribution in [2.75, 3.05) is 0 Å². The van der Waals surface area contributed by atoms with Crippen molar-refractivity contribution >= 4 is 12.4 Å². The van der Waals surface area contributed by atoms with Crippen LogP contribution in [0.1, 0.15) is 11.1 Å². The minimum atomic E-state index is -0.0819. The first kappa shape index (κ1) is 12.6. The standard InChI is InChI=1S/C14H12N2O3/c17-12-6-5-11(14(19)7-12)9-16-15-8-10-3-1-2-4-13(10)18/h1-9,17-19H/b15-8-,16-9-. The van der Waals surface area contributed by atoms with Crippen LogP contribution in [0.3, 0.4) is 0 Å². The minimum Gasteiger partial charge on any atom is -0.508 e. The van der Waals surface area contributed by atoms with Gasteiger partial charge in [-0.05, 0) is 24.3 Å². The van der Waals surface area contributed by atoms with Gasteiger partial charge in [-0.3, -0.25) is 0 Å². The van der Waals surface area contributed by atoms with Gasteiger partial charge in [0.2, 0.25) is 0 Å². The lowest BCUT2D eigenvalue weighted by molar-refractivity contribution is 0.450. The lowest BCUT2D eigenvalue weighted by atomic mass is 10.2. The summed E-state index contributed by atoms with van der Waals surface area (Å²) in [6, 6.07) is 10.9. The fraction of sp³-hybridized carbons (Fsp3) is 0. The molecule has 2 rings (SSSR count). The molecule has 3 N–H and O–H groups in total. The number of rotatable bonds is 3. The van der Waals surface area contributed by atoms with Gasteiger partial charge in [-0.15, -0.1) is 0 Å². The largest absolute Gasteiger partial charge is 0.508 e. The van der Waals surface area contributed by atoms with Gasteiger partial charge in [0.05, 0.1) is 12.4 Å². The van der Waals surface area contributed by atoms with Crippen LogP contribution in [0.25, 0.3) is 0 Å². The van der Waals surface area contributed by atoms with Crippen molar-refractivity contribution in [3.8, 4) is 17.2 Å². The number of nitrogens with zero attached hydrogens (tertiary/aromatic N) is 2. The highest BCUT2D eigenvalue weighted by Crippen LogP contribution is 2.20. The normalized spacial score (nSPS) is 11.4. The summed E-state index contributed by atoms with van der Waals surface area (Å²) >= 11 is 0. The van der Waals surface area contributed by atoms with Crippen molar-refractivity contribution in [2.45, 2.75) is 0 Å². The SMILES string of the molecule is Oc1ccc(/C=N\N=C/c2ccccc2O)c(O)c1. The maximum absolute atomic E-state index is 9.51. The highest BCUT2D eigenvalue weighted by atomic mass is 16.3. The smallest absolute Gasteiger partial charge is 0.128 e. The molecule has 0 aromatic heterocycles. The highest BCUT2D eigenvalue weighted by molar-refractivity contribution is 5.86. The number of para-hydroxylation sites is 1. The van der Waals surface area contributed by atoms with Crippen LogP contribution in [0, 0.1) is 0 Å². The fourth-order valence-corrected chi connectivity index (χ4v) is 1.43. The Morgan fingerprint density at radius 1 is 0.737 bits per heavy atom. The van der Waals surface area contributed by atoms with E-state index in [0.717, 1.165) is 0 Å². The van der Waals surface area contributed by atoms with Crippen molar-refractivity contribution in [1.29, 1.82) is 0 Å². The van der Waals surface area contributed by atoms with Gasteiger partial charge in [0.1, 0.15) is 17.2 Å². The zero-order chi connectivity index (χ0) is 13.7. The van der Waals surface area contributed by atoms with E-state index in [1.165, 1.54) is 30.6 Å².